The van der Waals surface area contributed by atoms with E-state index in [0.717, 1.165) is 16.7 Å². The maximum atomic E-state index is 12.3. The minimum atomic E-state index is -0.639. The first-order valence-corrected chi connectivity index (χ1v) is 11.1. The summed E-state index contributed by atoms with van der Waals surface area (Å²) >= 11 is 0. The maximum Gasteiger partial charge on any atom is 0.492 e. The van der Waals surface area contributed by atoms with Gasteiger partial charge in [0.15, 0.2) is 0 Å². The van der Waals surface area contributed by atoms with Crippen LogP contribution in [0.3, 0.4) is 0 Å². The van der Waals surface area contributed by atoms with Crippen LogP contribution in [0.15, 0.2) is 35.9 Å². The van der Waals surface area contributed by atoms with E-state index < -0.39 is 30.0 Å². The number of anilines is 1. The molecule has 9 nitrogen and oxygen atoms in total. The molecule has 0 aliphatic carbocycles. The molecule has 3 N–H and O–H groups in total. The van der Waals surface area contributed by atoms with Gasteiger partial charge in [-0.3, -0.25) is 0 Å². The van der Waals surface area contributed by atoms with Gasteiger partial charge in [0.05, 0.1) is 23.1 Å². The second kappa shape index (κ2) is 9.16. The van der Waals surface area contributed by atoms with E-state index in [-0.39, 0.29) is 12.4 Å². The highest BCUT2D eigenvalue weighted by molar-refractivity contribution is 6.56. The molecule has 180 valence electrons. The van der Waals surface area contributed by atoms with Crippen molar-refractivity contribution < 1.29 is 18.8 Å². The quantitative estimate of drug-likeness (QED) is 0.643. The van der Waals surface area contributed by atoms with Crippen molar-refractivity contribution in [1.29, 1.82) is 5.26 Å². The summed E-state index contributed by atoms with van der Waals surface area (Å²) in [6.45, 7) is 13.5. The minimum Gasteiger partial charge on any atom is -0.444 e. The van der Waals surface area contributed by atoms with Crippen molar-refractivity contribution in [1.82, 2.24) is 15.1 Å². The van der Waals surface area contributed by atoms with E-state index in [0.29, 0.717) is 5.56 Å². The van der Waals surface area contributed by atoms with Crippen LogP contribution in [0.5, 0.6) is 0 Å². The summed E-state index contributed by atoms with van der Waals surface area (Å²) in [6.07, 6.45) is 2.82. The molecule has 0 bridgehead atoms. The number of nitrogen functional groups attached to an aromatic ring is 1. The average molecular weight is 465 g/mol. The Labute approximate surface area is 201 Å². The van der Waals surface area contributed by atoms with Crippen LogP contribution in [0.4, 0.5) is 10.6 Å². The number of carbonyl (C=O) groups excluding carboxylic acids is 1. The molecular weight excluding hydrogens is 433 g/mol. The third kappa shape index (κ3) is 5.61. The van der Waals surface area contributed by atoms with Crippen LogP contribution >= 0.6 is 0 Å². The predicted octanol–water partition coefficient (Wildman–Crippen LogP) is 3.87. The molecule has 0 radical (unpaired) electrons. The lowest BCUT2D eigenvalue weighted by molar-refractivity contribution is 0.00578. The molecular formula is C24H32BN5O4. The Morgan fingerprint density at radius 3 is 2.32 bits per heavy atom. The number of hydrogen-bond donors (Lipinski definition) is 2. The Morgan fingerprint density at radius 1 is 1.24 bits per heavy atom. The lowest BCUT2D eigenvalue weighted by Crippen LogP contribution is -2.41. The summed E-state index contributed by atoms with van der Waals surface area (Å²) in [5.74, 6) is 0.283. The number of carbonyl (C=O) groups is 1. The lowest BCUT2D eigenvalue weighted by atomic mass is 9.77. The number of nitrogens with zero attached hydrogens (tertiary/aromatic N) is 3. The van der Waals surface area contributed by atoms with Gasteiger partial charge in [-0.05, 0) is 71.6 Å². The van der Waals surface area contributed by atoms with Gasteiger partial charge in [-0.25, -0.2) is 9.48 Å². The number of ether oxygens (including phenoxy) is 1. The van der Waals surface area contributed by atoms with Crippen LogP contribution in [0.2, 0.25) is 0 Å². The fraction of sp³-hybridized carbons (Fsp3) is 0.458. The first-order valence-electron chi connectivity index (χ1n) is 11.1. The third-order valence-electron chi connectivity index (χ3n) is 5.81. The molecule has 1 fully saturated rings. The SMILES string of the molecule is CC(C)(C)OC(=O)NCC(=Cc1ccc(-n2ncc(C#N)c2N)cc1)B1OC(C)(C)C(C)(C)O1. The summed E-state index contributed by atoms with van der Waals surface area (Å²) in [5.41, 5.74) is 6.98. The number of hydrogen-bond acceptors (Lipinski definition) is 7. The molecule has 1 aliphatic heterocycles. The summed E-state index contributed by atoms with van der Waals surface area (Å²) < 4.78 is 19.3. The second-order valence-corrected chi connectivity index (χ2v) is 10.2. The molecule has 3 rings (SSSR count). The first-order chi connectivity index (χ1) is 15.7. The van der Waals surface area contributed by atoms with Crippen LogP contribution in [0, 0.1) is 11.3 Å². The van der Waals surface area contributed by atoms with Crippen molar-refractivity contribution in [2.45, 2.75) is 65.3 Å². The Kier molecular flexibility index (Phi) is 6.83. The summed E-state index contributed by atoms with van der Waals surface area (Å²) in [5, 5.41) is 16.1. The maximum absolute atomic E-state index is 12.3. The van der Waals surface area contributed by atoms with Gasteiger partial charge in [0.1, 0.15) is 23.1 Å². The van der Waals surface area contributed by atoms with E-state index in [1.165, 1.54) is 10.9 Å². The molecule has 1 aromatic carbocycles. The number of rotatable bonds is 5. The van der Waals surface area contributed by atoms with E-state index >= 15 is 0 Å². The summed E-state index contributed by atoms with van der Waals surface area (Å²) in [7, 11) is -0.639. The molecule has 0 saturated carbocycles. The Morgan fingerprint density at radius 2 is 1.82 bits per heavy atom. The number of aromatic nitrogens is 2. The third-order valence-corrected chi connectivity index (χ3v) is 5.81. The van der Waals surface area contributed by atoms with Crippen molar-refractivity contribution in [3.63, 3.8) is 0 Å². The van der Waals surface area contributed by atoms with E-state index in [9.17, 15) is 4.79 Å². The Bertz CT molecular complexity index is 1110. The molecule has 1 saturated heterocycles. The molecule has 0 spiro atoms. The number of nitriles is 1. The zero-order valence-electron chi connectivity index (χ0n) is 20.8. The van der Waals surface area contributed by atoms with Gasteiger partial charge in [-0.1, -0.05) is 18.2 Å². The molecule has 2 heterocycles. The van der Waals surface area contributed by atoms with Crippen molar-refractivity contribution in [2.75, 3.05) is 12.3 Å². The van der Waals surface area contributed by atoms with Crippen LogP contribution in [-0.2, 0) is 14.0 Å². The van der Waals surface area contributed by atoms with Gasteiger partial charge in [0, 0.05) is 6.54 Å². The highest BCUT2D eigenvalue weighted by atomic mass is 16.7. The molecule has 1 aliphatic rings. The monoisotopic (exact) mass is 465 g/mol. The zero-order valence-corrected chi connectivity index (χ0v) is 20.8. The van der Waals surface area contributed by atoms with E-state index in [1.54, 1.807) is 0 Å². The summed E-state index contributed by atoms with van der Waals surface area (Å²) in [4.78, 5) is 12.3. The van der Waals surface area contributed by atoms with Crippen molar-refractivity contribution >= 4 is 25.1 Å². The average Bonchev–Trinajstić information content (AvgIpc) is 3.19. The van der Waals surface area contributed by atoms with Crippen molar-refractivity contribution in [3.8, 4) is 11.8 Å². The molecule has 2 aromatic rings. The first kappa shape index (κ1) is 25.3. The van der Waals surface area contributed by atoms with Gasteiger partial charge in [-0.2, -0.15) is 10.4 Å². The number of nitrogens with one attached hydrogen (secondary N) is 1. The molecule has 1 aromatic heterocycles. The predicted molar refractivity (Wildman–Crippen MR) is 131 cm³/mol. The molecule has 1 amide bonds. The highest BCUT2D eigenvalue weighted by Crippen LogP contribution is 2.38. The fourth-order valence-electron chi connectivity index (χ4n) is 3.26. The lowest BCUT2D eigenvalue weighted by Gasteiger charge is -2.32. The number of benzene rings is 1. The zero-order chi connectivity index (χ0) is 25.3. The largest absolute Gasteiger partial charge is 0.492 e. The number of amides is 1. The van der Waals surface area contributed by atoms with E-state index in [4.69, 9.17) is 25.0 Å². The molecule has 10 heteroatoms. The topological polar surface area (TPSA) is 124 Å². The van der Waals surface area contributed by atoms with Crippen LogP contribution in [-0.4, -0.2) is 46.3 Å². The van der Waals surface area contributed by atoms with Gasteiger partial charge in [0.25, 0.3) is 0 Å². The van der Waals surface area contributed by atoms with Gasteiger partial charge < -0.3 is 25.1 Å². The molecule has 34 heavy (non-hydrogen) atoms. The van der Waals surface area contributed by atoms with Gasteiger partial charge >= 0.3 is 13.2 Å². The smallest absolute Gasteiger partial charge is 0.444 e. The fourth-order valence-corrected chi connectivity index (χ4v) is 3.26. The second-order valence-electron chi connectivity index (χ2n) is 10.2. The molecule has 0 atom stereocenters. The van der Waals surface area contributed by atoms with E-state index in [2.05, 4.69) is 10.4 Å². The number of nitrogens with two attached hydrogens (primary N) is 1. The minimum absolute atomic E-state index is 0.186. The van der Waals surface area contributed by atoms with Crippen LogP contribution in [0.25, 0.3) is 11.8 Å². The van der Waals surface area contributed by atoms with Gasteiger partial charge in [-0.15, -0.1) is 0 Å². The van der Waals surface area contributed by atoms with Gasteiger partial charge in [0.2, 0.25) is 0 Å². The van der Waals surface area contributed by atoms with E-state index in [1.807, 2.05) is 84.9 Å². The van der Waals surface area contributed by atoms with Crippen molar-refractivity contribution in [2.24, 2.45) is 0 Å². The normalized spacial score (nSPS) is 17.4. The van der Waals surface area contributed by atoms with Crippen LogP contribution < -0.4 is 11.1 Å². The molecule has 0 unspecified atom stereocenters. The number of alkyl carbamates (subject to hydrolysis) is 1. The Balaban J connectivity index is 1.86. The standard InChI is InChI=1S/C24H32BN5O4/c1-22(2,3)32-21(31)28-15-18(25-33-23(4,5)24(6,7)34-25)12-16-8-10-19(11-9-16)30-20(27)17(13-26)14-29-30/h8-12,14H,15,27H2,1-7H3,(H,28,31). The highest BCUT2D eigenvalue weighted by Gasteiger charge is 2.52. The Hall–Kier alpha value is -3.29. The van der Waals surface area contributed by atoms with Crippen LogP contribution in [0.1, 0.15) is 59.6 Å². The van der Waals surface area contributed by atoms with Crippen molar-refractivity contribution in [3.05, 3.63) is 47.1 Å². The summed E-state index contributed by atoms with van der Waals surface area (Å²) in [6, 6.07) is 9.49.